The molecule has 3 aromatic carbocycles. The van der Waals surface area contributed by atoms with Crippen molar-refractivity contribution in [3.63, 3.8) is 0 Å². The van der Waals surface area contributed by atoms with Crippen molar-refractivity contribution in [1.82, 2.24) is 5.32 Å². The van der Waals surface area contributed by atoms with Crippen LogP contribution in [0.1, 0.15) is 12.0 Å². The van der Waals surface area contributed by atoms with E-state index in [-0.39, 0.29) is 11.9 Å². The molecular formula is C24H24FNO. The van der Waals surface area contributed by atoms with Crippen LogP contribution in [0.15, 0.2) is 72.8 Å². The normalized spacial score (nSPS) is 17.0. The molecule has 0 bridgehead atoms. The summed E-state index contributed by atoms with van der Waals surface area (Å²) in [7, 11) is 0. The van der Waals surface area contributed by atoms with Gasteiger partial charge in [0, 0.05) is 13.1 Å². The van der Waals surface area contributed by atoms with Crippen LogP contribution in [-0.4, -0.2) is 25.8 Å². The molecule has 0 aromatic heterocycles. The van der Waals surface area contributed by atoms with Gasteiger partial charge in [0.1, 0.15) is 5.82 Å². The fraction of sp³-hybridized carbons (Fsp3) is 0.250. The van der Waals surface area contributed by atoms with Gasteiger partial charge in [0.15, 0.2) is 0 Å². The van der Waals surface area contributed by atoms with Crippen molar-refractivity contribution in [2.24, 2.45) is 0 Å². The maximum absolute atomic E-state index is 13.8. The highest BCUT2D eigenvalue weighted by Crippen LogP contribution is 2.34. The molecule has 0 radical (unpaired) electrons. The van der Waals surface area contributed by atoms with Crippen LogP contribution in [0.2, 0.25) is 0 Å². The van der Waals surface area contributed by atoms with Gasteiger partial charge in [-0.3, -0.25) is 0 Å². The summed E-state index contributed by atoms with van der Waals surface area (Å²) in [5.74, 6) is -0.211. The summed E-state index contributed by atoms with van der Waals surface area (Å²) in [4.78, 5) is 0. The fourth-order valence-electron chi connectivity index (χ4n) is 3.75. The summed E-state index contributed by atoms with van der Waals surface area (Å²) in [6.07, 6.45) is 2.22. The van der Waals surface area contributed by atoms with Gasteiger partial charge < -0.3 is 10.1 Å². The smallest absolute Gasteiger partial charge is 0.123 e. The minimum atomic E-state index is -0.211. The Kier molecular flexibility index (Phi) is 5.61. The van der Waals surface area contributed by atoms with Gasteiger partial charge in [-0.05, 0) is 52.8 Å². The van der Waals surface area contributed by atoms with Crippen LogP contribution >= 0.6 is 0 Å². The molecule has 1 heterocycles. The lowest BCUT2D eigenvalue weighted by atomic mass is 9.90. The van der Waals surface area contributed by atoms with Crippen molar-refractivity contribution in [3.05, 3.63) is 84.2 Å². The van der Waals surface area contributed by atoms with E-state index in [1.165, 1.54) is 17.2 Å². The van der Waals surface area contributed by atoms with Crippen molar-refractivity contribution in [2.75, 3.05) is 19.7 Å². The molecule has 3 aromatic rings. The van der Waals surface area contributed by atoms with Crippen LogP contribution in [-0.2, 0) is 11.2 Å². The molecular weight excluding hydrogens is 337 g/mol. The van der Waals surface area contributed by atoms with Gasteiger partial charge in [0.25, 0.3) is 0 Å². The zero-order valence-electron chi connectivity index (χ0n) is 15.3. The Hall–Kier alpha value is -2.49. The fourth-order valence-corrected chi connectivity index (χ4v) is 3.75. The molecule has 1 fully saturated rings. The predicted molar refractivity (Wildman–Crippen MR) is 108 cm³/mol. The first kappa shape index (κ1) is 17.9. The number of nitrogens with one attached hydrogen (secondary N) is 1. The molecule has 1 aliphatic rings. The van der Waals surface area contributed by atoms with Crippen LogP contribution in [0.3, 0.4) is 0 Å². The third kappa shape index (κ3) is 4.26. The second-order valence-corrected chi connectivity index (χ2v) is 6.95. The SMILES string of the molecule is Fc1cccc(-c2ccccc2-c2ccccc2CCC2CNCCO2)c1. The van der Waals surface area contributed by atoms with Crippen LogP contribution in [0, 0.1) is 5.82 Å². The van der Waals surface area contributed by atoms with E-state index in [1.54, 1.807) is 12.1 Å². The standard InChI is InChI=1S/C24H24FNO/c25-20-8-5-7-19(16-20)23-10-3-4-11-24(23)22-9-2-1-6-18(22)12-13-21-17-26-14-15-27-21/h1-11,16,21,26H,12-15,17H2. The van der Waals surface area contributed by atoms with E-state index in [9.17, 15) is 4.39 Å². The number of aryl methyl sites for hydroxylation is 1. The van der Waals surface area contributed by atoms with E-state index in [4.69, 9.17) is 4.74 Å². The van der Waals surface area contributed by atoms with Gasteiger partial charge >= 0.3 is 0 Å². The topological polar surface area (TPSA) is 21.3 Å². The number of halogens is 1. The molecule has 1 atom stereocenters. The van der Waals surface area contributed by atoms with Crippen molar-refractivity contribution in [3.8, 4) is 22.3 Å². The van der Waals surface area contributed by atoms with Gasteiger partial charge in [-0.15, -0.1) is 0 Å². The summed E-state index contributed by atoms with van der Waals surface area (Å²) >= 11 is 0. The van der Waals surface area contributed by atoms with Crippen molar-refractivity contribution in [1.29, 1.82) is 0 Å². The van der Waals surface area contributed by atoms with Crippen LogP contribution in [0.25, 0.3) is 22.3 Å². The van der Waals surface area contributed by atoms with Crippen LogP contribution in [0.4, 0.5) is 4.39 Å². The summed E-state index contributed by atoms with van der Waals surface area (Å²) in [5.41, 5.74) is 5.61. The second kappa shape index (κ2) is 8.47. The molecule has 27 heavy (non-hydrogen) atoms. The highest BCUT2D eigenvalue weighted by Gasteiger charge is 2.15. The molecule has 1 saturated heterocycles. The average Bonchev–Trinajstić information content (AvgIpc) is 2.73. The summed E-state index contributed by atoms with van der Waals surface area (Å²) < 4.78 is 19.6. The minimum absolute atomic E-state index is 0.211. The first-order valence-corrected chi connectivity index (χ1v) is 9.57. The molecule has 0 saturated carbocycles. The largest absolute Gasteiger partial charge is 0.376 e. The molecule has 3 heteroatoms. The number of hydrogen-bond acceptors (Lipinski definition) is 2. The Balaban J connectivity index is 1.66. The number of benzene rings is 3. The number of hydrogen-bond donors (Lipinski definition) is 1. The Labute approximate surface area is 160 Å². The molecule has 138 valence electrons. The zero-order valence-corrected chi connectivity index (χ0v) is 15.3. The third-order valence-corrected chi connectivity index (χ3v) is 5.11. The van der Waals surface area contributed by atoms with Gasteiger partial charge in [0.2, 0.25) is 0 Å². The number of morpholine rings is 1. The Morgan fingerprint density at radius 1 is 0.889 bits per heavy atom. The van der Waals surface area contributed by atoms with Gasteiger partial charge in [-0.1, -0.05) is 60.7 Å². The molecule has 0 spiro atoms. The Morgan fingerprint density at radius 3 is 2.44 bits per heavy atom. The predicted octanol–water partition coefficient (Wildman–Crippen LogP) is 5.08. The molecule has 0 aliphatic carbocycles. The highest BCUT2D eigenvalue weighted by molar-refractivity contribution is 5.84. The summed E-state index contributed by atoms with van der Waals surface area (Å²) in [5, 5.41) is 3.39. The van der Waals surface area contributed by atoms with E-state index in [0.717, 1.165) is 49.2 Å². The lowest BCUT2D eigenvalue weighted by molar-refractivity contribution is 0.0238. The first-order chi connectivity index (χ1) is 13.3. The maximum Gasteiger partial charge on any atom is 0.123 e. The Morgan fingerprint density at radius 2 is 1.67 bits per heavy atom. The van der Waals surface area contributed by atoms with Gasteiger partial charge in [0.05, 0.1) is 12.7 Å². The van der Waals surface area contributed by atoms with Gasteiger partial charge in [-0.25, -0.2) is 4.39 Å². The van der Waals surface area contributed by atoms with Gasteiger partial charge in [-0.2, -0.15) is 0 Å². The summed E-state index contributed by atoms with van der Waals surface area (Å²) in [6.45, 7) is 2.64. The second-order valence-electron chi connectivity index (χ2n) is 6.95. The van der Waals surface area contributed by atoms with E-state index in [2.05, 4.69) is 41.7 Å². The molecule has 1 aliphatic heterocycles. The minimum Gasteiger partial charge on any atom is -0.376 e. The lowest BCUT2D eigenvalue weighted by Gasteiger charge is -2.24. The monoisotopic (exact) mass is 361 g/mol. The van der Waals surface area contributed by atoms with Crippen LogP contribution < -0.4 is 5.32 Å². The van der Waals surface area contributed by atoms with E-state index < -0.39 is 0 Å². The highest BCUT2D eigenvalue weighted by atomic mass is 19.1. The number of ether oxygens (including phenoxy) is 1. The zero-order chi connectivity index (χ0) is 18.5. The molecule has 1 unspecified atom stereocenters. The van der Waals surface area contributed by atoms with Crippen molar-refractivity contribution < 1.29 is 9.13 Å². The Bertz CT molecular complexity index is 902. The average molecular weight is 361 g/mol. The van der Waals surface area contributed by atoms with E-state index in [0.29, 0.717) is 0 Å². The number of rotatable bonds is 5. The van der Waals surface area contributed by atoms with E-state index >= 15 is 0 Å². The van der Waals surface area contributed by atoms with E-state index in [1.807, 2.05) is 18.2 Å². The van der Waals surface area contributed by atoms with Crippen molar-refractivity contribution >= 4 is 0 Å². The third-order valence-electron chi connectivity index (χ3n) is 5.11. The molecule has 1 N–H and O–H groups in total. The first-order valence-electron chi connectivity index (χ1n) is 9.57. The quantitative estimate of drug-likeness (QED) is 0.684. The summed E-state index contributed by atoms with van der Waals surface area (Å²) in [6, 6.07) is 23.6. The van der Waals surface area contributed by atoms with Crippen LogP contribution in [0.5, 0.6) is 0 Å². The van der Waals surface area contributed by atoms with Crippen molar-refractivity contribution in [2.45, 2.75) is 18.9 Å². The molecule has 0 amide bonds. The molecule has 4 rings (SSSR count). The lowest BCUT2D eigenvalue weighted by Crippen LogP contribution is -2.38. The molecule has 2 nitrogen and oxygen atoms in total. The maximum atomic E-state index is 13.8.